The van der Waals surface area contributed by atoms with E-state index in [1.54, 1.807) is 4.90 Å². The van der Waals surface area contributed by atoms with E-state index >= 15 is 0 Å². The van der Waals surface area contributed by atoms with E-state index in [1.807, 2.05) is 52.3 Å². The van der Waals surface area contributed by atoms with Crippen molar-refractivity contribution < 1.29 is 9.59 Å². The number of anilines is 1. The van der Waals surface area contributed by atoms with Gasteiger partial charge in [-0.2, -0.15) is 5.10 Å². The van der Waals surface area contributed by atoms with Gasteiger partial charge in [0.1, 0.15) is 5.82 Å². The highest BCUT2D eigenvalue weighted by atomic mass is 16.2. The minimum Gasteiger partial charge on any atom is -0.333 e. The maximum atomic E-state index is 12.6. The van der Waals surface area contributed by atoms with Crippen molar-refractivity contribution in [3.8, 4) is 0 Å². The van der Waals surface area contributed by atoms with E-state index in [4.69, 9.17) is 5.10 Å². The van der Waals surface area contributed by atoms with Crippen LogP contribution in [0.5, 0.6) is 0 Å². The van der Waals surface area contributed by atoms with Crippen molar-refractivity contribution >= 4 is 17.6 Å². The minimum absolute atomic E-state index is 0.00158. The first-order chi connectivity index (χ1) is 11.8. The first-order valence-electron chi connectivity index (χ1n) is 9.47. The highest BCUT2D eigenvalue weighted by molar-refractivity contribution is 5.94. The first-order valence-corrected chi connectivity index (χ1v) is 9.47. The summed E-state index contributed by atoms with van der Waals surface area (Å²) >= 11 is 0. The highest BCUT2D eigenvalue weighted by Crippen LogP contribution is 2.28. The van der Waals surface area contributed by atoms with Crippen molar-refractivity contribution in [3.05, 3.63) is 11.8 Å². The van der Waals surface area contributed by atoms with Gasteiger partial charge in [-0.1, -0.05) is 41.5 Å². The predicted octanol–water partition coefficient (Wildman–Crippen LogP) is 3.77. The second-order valence-corrected chi connectivity index (χ2v) is 9.21. The summed E-state index contributed by atoms with van der Waals surface area (Å²) in [6, 6.07) is 1.93. The third-order valence-corrected chi connectivity index (χ3v) is 4.01. The van der Waals surface area contributed by atoms with Crippen LogP contribution in [0.1, 0.15) is 74.4 Å². The van der Waals surface area contributed by atoms with Crippen LogP contribution in [0.3, 0.4) is 0 Å². The number of nitrogens with one attached hydrogen (secondary N) is 1. The molecule has 148 valence electrons. The Morgan fingerprint density at radius 1 is 1.19 bits per heavy atom. The molecule has 26 heavy (non-hydrogen) atoms. The van der Waals surface area contributed by atoms with Gasteiger partial charge in [0.2, 0.25) is 11.8 Å². The van der Waals surface area contributed by atoms with Gasteiger partial charge in [0.25, 0.3) is 0 Å². The van der Waals surface area contributed by atoms with Gasteiger partial charge in [-0.25, -0.2) is 4.68 Å². The van der Waals surface area contributed by atoms with E-state index in [-0.39, 0.29) is 35.2 Å². The normalized spacial score (nSPS) is 12.4. The average molecular weight is 365 g/mol. The molecule has 6 heteroatoms. The molecular weight excluding hydrogens is 328 g/mol. The van der Waals surface area contributed by atoms with Gasteiger partial charge in [-0.15, -0.1) is 0 Å². The van der Waals surface area contributed by atoms with E-state index in [0.717, 1.165) is 12.1 Å². The van der Waals surface area contributed by atoms with Crippen LogP contribution in [0.25, 0.3) is 0 Å². The fourth-order valence-electron chi connectivity index (χ4n) is 2.61. The molecule has 0 aliphatic heterocycles. The van der Waals surface area contributed by atoms with Crippen LogP contribution in [0.15, 0.2) is 6.07 Å². The zero-order chi connectivity index (χ0) is 20.3. The number of carbonyl (C=O) groups is 2. The summed E-state index contributed by atoms with van der Waals surface area (Å²) in [5, 5.41) is 7.67. The van der Waals surface area contributed by atoms with Crippen LogP contribution in [-0.4, -0.2) is 39.6 Å². The lowest BCUT2D eigenvalue weighted by molar-refractivity contribution is -0.137. The molecular formula is C20H36N4O2. The van der Waals surface area contributed by atoms with E-state index < -0.39 is 0 Å². The summed E-state index contributed by atoms with van der Waals surface area (Å²) in [6.07, 6.45) is 0.819. The van der Waals surface area contributed by atoms with Crippen molar-refractivity contribution in [1.29, 1.82) is 0 Å². The van der Waals surface area contributed by atoms with Gasteiger partial charge >= 0.3 is 0 Å². The summed E-state index contributed by atoms with van der Waals surface area (Å²) in [7, 11) is 0. The second-order valence-electron chi connectivity index (χ2n) is 9.21. The number of rotatable bonds is 6. The molecule has 0 atom stereocenters. The van der Waals surface area contributed by atoms with Crippen molar-refractivity contribution in [2.45, 2.75) is 79.7 Å². The zero-order valence-corrected chi connectivity index (χ0v) is 17.9. The Hall–Kier alpha value is -1.85. The standard InChI is InChI=1S/C20H36N4O2/c1-10-11-23(18(26)14(2)3)13-17(25)21-16-12-15(19(4,5)6)22-24(16)20(7,8)9/h12,14H,10-11,13H2,1-9H3,(H,21,25). The number of aromatic nitrogens is 2. The lowest BCUT2D eigenvalue weighted by Crippen LogP contribution is -2.41. The third kappa shape index (κ3) is 5.85. The average Bonchev–Trinajstić information content (AvgIpc) is 2.89. The summed E-state index contributed by atoms with van der Waals surface area (Å²) in [5.74, 6) is 0.350. The Kier molecular flexibility index (Phi) is 7.02. The van der Waals surface area contributed by atoms with Gasteiger partial charge in [-0.3, -0.25) is 9.59 Å². The van der Waals surface area contributed by atoms with Crippen molar-refractivity contribution in [2.75, 3.05) is 18.4 Å². The zero-order valence-electron chi connectivity index (χ0n) is 17.9. The molecule has 1 aromatic rings. The molecule has 2 amide bonds. The van der Waals surface area contributed by atoms with Crippen molar-refractivity contribution in [2.24, 2.45) is 5.92 Å². The van der Waals surface area contributed by atoms with E-state index in [2.05, 4.69) is 26.1 Å². The predicted molar refractivity (Wildman–Crippen MR) is 106 cm³/mol. The Bertz CT molecular complexity index is 633. The molecule has 0 aromatic carbocycles. The fraction of sp³-hybridized carbons (Fsp3) is 0.750. The Balaban J connectivity index is 3.04. The molecule has 1 N–H and O–H groups in total. The van der Waals surface area contributed by atoms with Crippen LogP contribution < -0.4 is 5.32 Å². The van der Waals surface area contributed by atoms with Crippen molar-refractivity contribution in [3.63, 3.8) is 0 Å². The number of nitrogens with zero attached hydrogens (tertiary/aromatic N) is 3. The molecule has 0 unspecified atom stereocenters. The van der Waals surface area contributed by atoms with Crippen LogP contribution in [0, 0.1) is 5.92 Å². The second kappa shape index (κ2) is 8.23. The van der Waals surface area contributed by atoms with Crippen LogP contribution in [-0.2, 0) is 20.5 Å². The monoisotopic (exact) mass is 364 g/mol. The molecule has 0 bridgehead atoms. The lowest BCUT2D eigenvalue weighted by Gasteiger charge is -2.25. The lowest BCUT2D eigenvalue weighted by atomic mass is 9.92. The van der Waals surface area contributed by atoms with Gasteiger partial charge in [0, 0.05) is 23.9 Å². The third-order valence-electron chi connectivity index (χ3n) is 4.01. The van der Waals surface area contributed by atoms with Gasteiger partial charge in [0.05, 0.1) is 17.8 Å². The Labute approximate surface area is 158 Å². The smallest absolute Gasteiger partial charge is 0.245 e. The molecule has 0 aliphatic carbocycles. The summed E-state index contributed by atoms with van der Waals surface area (Å²) in [6.45, 7) is 18.8. The number of carbonyl (C=O) groups excluding carboxylic acids is 2. The molecule has 0 saturated heterocycles. The van der Waals surface area contributed by atoms with E-state index in [9.17, 15) is 9.59 Å². The maximum Gasteiger partial charge on any atom is 0.245 e. The van der Waals surface area contributed by atoms with E-state index in [1.165, 1.54) is 0 Å². The molecule has 1 heterocycles. The maximum absolute atomic E-state index is 12.6. The Morgan fingerprint density at radius 2 is 1.77 bits per heavy atom. The minimum atomic E-state index is -0.261. The Morgan fingerprint density at radius 3 is 2.19 bits per heavy atom. The van der Waals surface area contributed by atoms with Gasteiger partial charge < -0.3 is 10.2 Å². The first kappa shape index (κ1) is 22.2. The molecule has 0 aliphatic rings. The number of amides is 2. The molecule has 1 aromatic heterocycles. The summed E-state index contributed by atoms with van der Waals surface area (Å²) in [4.78, 5) is 26.6. The molecule has 0 saturated carbocycles. The molecule has 0 fully saturated rings. The molecule has 1 rings (SSSR count). The number of hydrogen-bond donors (Lipinski definition) is 1. The molecule has 0 radical (unpaired) electrons. The topological polar surface area (TPSA) is 67.2 Å². The van der Waals surface area contributed by atoms with Crippen LogP contribution in [0.4, 0.5) is 5.82 Å². The van der Waals surface area contributed by atoms with Crippen LogP contribution >= 0.6 is 0 Å². The van der Waals surface area contributed by atoms with Gasteiger partial charge in [-0.05, 0) is 27.2 Å². The number of hydrogen-bond acceptors (Lipinski definition) is 3. The summed E-state index contributed by atoms with van der Waals surface area (Å²) in [5.41, 5.74) is 0.548. The molecule has 6 nitrogen and oxygen atoms in total. The highest BCUT2D eigenvalue weighted by Gasteiger charge is 2.26. The van der Waals surface area contributed by atoms with Gasteiger partial charge in [0.15, 0.2) is 0 Å². The quantitative estimate of drug-likeness (QED) is 0.835. The summed E-state index contributed by atoms with van der Waals surface area (Å²) < 4.78 is 1.85. The van der Waals surface area contributed by atoms with Crippen LogP contribution in [0.2, 0.25) is 0 Å². The van der Waals surface area contributed by atoms with Crippen molar-refractivity contribution in [1.82, 2.24) is 14.7 Å². The SMILES string of the molecule is CCCN(CC(=O)Nc1cc(C(C)(C)C)nn1C(C)(C)C)C(=O)C(C)C. The largest absolute Gasteiger partial charge is 0.333 e. The molecule has 0 spiro atoms. The van der Waals surface area contributed by atoms with E-state index in [0.29, 0.717) is 12.4 Å². The fourth-order valence-corrected chi connectivity index (χ4v) is 2.61.